The molecule has 1 aromatic heterocycles. The highest BCUT2D eigenvalue weighted by molar-refractivity contribution is 7.99. The molecule has 0 saturated heterocycles. The van der Waals surface area contributed by atoms with Gasteiger partial charge in [0.15, 0.2) is 11.0 Å². The summed E-state index contributed by atoms with van der Waals surface area (Å²) in [7, 11) is 1.84. The minimum absolute atomic E-state index is 0.0330. The van der Waals surface area contributed by atoms with Crippen LogP contribution >= 0.6 is 11.8 Å². The van der Waals surface area contributed by atoms with Crippen LogP contribution in [0.3, 0.4) is 0 Å². The Morgan fingerprint density at radius 2 is 1.93 bits per heavy atom. The Hall–Kier alpha value is -2.35. The summed E-state index contributed by atoms with van der Waals surface area (Å²) in [6.07, 6.45) is 4.68. The van der Waals surface area contributed by atoms with Gasteiger partial charge in [-0.2, -0.15) is 0 Å². The zero-order valence-corrected chi connectivity index (χ0v) is 17.2. The molecule has 2 atom stereocenters. The highest BCUT2D eigenvalue weighted by Gasteiger charge is 2.23. The lowest BCUT2D eigenvalue weighted by Gasteiger charge is -2.29. The Balaban J connectivity index is 1.47. The minimum atomic E-state index is -0.154. The van der Waals surface area contributed by atoms with Gasteiger partial charge in [0.05, 0.1) is 12.3 Å². The maximum absolute atomic E-state index is 12.3. The molecule has 2 N–H and O–H groups in total. The highest BCUT2D eigenvalue weighted by atomic mass is 32.2. The molecule has 1 aromatic carbocycles. The second-order valence-electron chi connectivity index (χ2n) is 7.23. The topological polar surface area (TPSA) is 88.9 Å². The van der Waals surface area contributed by atoms with Crippen molar-refractivity contribution in [2.24, 2.45) is 13.0 Å². The molecule has 0 aliphatic heterocycles. The Kier molecular flexibility index (Phi) is 7.08. The van der Waals surface area contributed by atoms with Gasteiger partial charge in [0.25, 0.3) is 5.91 Å². The molecule has 0 spiro atoms. The summed E-state index contributed by atoms with van der Waals surface area (Å²) in [5, 5.41) is 14.9. The number of thioether (sulfide) groups is 1. The number of hydrogen-bond acceptors (Lipinski definition) is 5. The molecule has 1 heterocycles. The number of aromatic nitrogens is 3. The molecular weight excluding hydrogens is 374 g/mol. The van der Waals surface area contributed by atoms with E-state index in [-0.39, 0.29) is 24.4 Å². The molecule has 150 valence electrons. The number of nitrogens with zero attached hydrogens (tertiary/aromatic N) is 3. The summed E-state index contributed by atoms with van der Waals surface area (Å²) in [6, 6.07) is 9.33. The quantitative estimate of drug-likeness (QED) is 0.696. The molecule has 1 aliphatic rings. The minimum Gasteiger partial charge on any atom is -0.352 e. The fourth-order valence-corrected chi connectivity index (χ4v) is 4.13. The van der Waals surface area contributed by atoms with Gasteiger partial charge >= 0.3 is 0 Å². The van der Waals surface area contributed by atoms with Crippen molar-refractivity contribution in [1.29, 1.82) is 0 Å². The maximum Gasteiger partial charge on any atom is 0.251 e. The van der Waals surface area contributed by atoms with Crippen molar-refractivity contribution in [1.82, 2.24) is 25.4 Å². The predicted octanol–water partition coefficient (Wildman–Crippen LogP) is 2.53. The lowest BCUT2D eigenvalue weighted by Crippen LogP contribution is -2.41. The van der Waals surface area contributed by atoms with Crippen molar-refractivity contribution in [2.75, 3.05) is 5.75 Å². The van der Waals surface area contributed by atoms with Crippen molar-refractivity contribution < 1.29 is 9.59 Å². The molecule has 8 heteroatoms. The van der Waals surface area contributed by atoms with E-state index in [2.05, 4.69) is 27.8 Å². The number of amides is 2. The third-order valence-corrected chi connectivity index (χ3v) is 6.18. The van der Waals surface area contributed by atoms with Gasteiger partial charge < -0.3 is 15.2 Å². The Bertz CT molecular complexity index is 808. The van der Waals surface area contributed by atoms with Gasteiger partial charge in [0, 0.05) is 18.7 Å². The Morgan fingerprint density at radius 3 is 2.68 bits per heavy atom. The van der Waals surface area contributed by atoms with Crippen LogP contribution in [0, 0.1) is 5.92 Å². The summed E-state index contributed by atoms with van der Waals surface area (Å²) in [5.74, 6) is 1.38. The van der Waals surface area contributed by atoms with E-state index in [0.717, 1.165) is 6.42 Å². The number of benzene rings is 1. The highest BCUT2D eigenvalue weighted by Crippen LogP contribution is 2.24. The van der Waals surface area contributed by atoms with Crippen LogP contribution in [0.15, 0.2) is 35.5 Å². The first kappa shape index (κ1) is 20.4. The van der Waals surface area contributed by atoms with Gasteiger partial charge in [0.2, 0.25) is 5.91 Å². The Labute approximate surface area is 169 Å². The van der Waals surface area contributed by atoms with Crippen LogP contribution in [0.4, 0.5) is 0 Å². The van der Waals surface area contributed by atoms with E-state index < -0.39 is 0 Å². The summed E-state index contributed by atoms with van der Waals surface area (Å²) < 4.78 is 1.81. The third-order valence-electron chi connectivity index (χ3n) is 5.16. The first-order valence-corrected chi connectivity index (χ1v) is 10.7. The van der Waals surface area contributed by atoms with Gasteiger partial charge in [-0.3, -0.25) is 9.59 Å². The molecule has 28 heavy (non-hydrogen) atoms. The van der Waals surface area contributed by atoms with Crippen LogP contribution in [0.25, 0.3) is 0 Å². The average molecular weight is 402 g/mol. The maximum atomic E-state index is 12.3. The van der Waals surface area contributed by atoms with Gasteiger partial charge in [-0.1, -0.05) is 49.7 Å². The molecule has 1 aliphatic carbocycles. The fourth-order valence-electron chi connectivity index (χ4n) is 3.38. The summed E-state index contributed by atoms with van der Waals surface area (Å²) >= 11 is 1.36. The number of nitrogens with one attached hydrogen (secondary N) is 2. The number of hydrogen-bond donors (Lipinski definition) is 2. The van der Waals surface area contributed by atoms with Crippen LogP contribution < -0.4 is 10.6 Å². The molecule has 0 radical (unpaired) electrons. The molecule has 2 aromatic rings. The van der Waals surface area contributed by atoms with Gasteiger partial charge in [-0.25, -0.2) is 0 Å². The molecule has 1 fully saturated rings. The second-order valence-corrected chi connectivity index (χ2v) is 8.17. The molecule has 3 rings (SSSR count). The van der Waals surface area contributed by atoms with E-state index in [1.807, 2.05) is 29.8 Å². The lowest BCUT2D eigenvalue weighted by molar-refractivity contribution is -0.119. The monoisotopic (exact) mass is 401 g/mol. The molecule has 1 saturated carbocycles. The zero-order chi connectivity index (χ0) is 19.9. The summed E-state index contributed by atoms with van der Waals surface area (Å²) in [4.78, 5) is 24.4. The second kappa shape index (κ2) is 9.73. The van der Waals surface area contributed by atoms with E-state index in [1.165, 1.54) is 31.0 Å². The van der Waals surface area contributed by atoms with Crippen LogP contribution in [0.2, 0.25) is 0 Å². The van der Waals surface area contributed by atoms with Crippen molar-refractivity contribution >= 4 is 23.6 Å². The van der Waals surface area contributed by atoms with Crippen molar-refractivity contribution in [3.63, 3.8) is 0 Å². The predicted molar refractivity (Wildman–Crippen MR) is 109 cm³/mol. The number of carbonyl (C=O) groups is 2. The SMILES string of the molecule is C[C@@H]1CCCC[C@@H]1NC(=O)CSc1nnc(CNC(=O)c2ccccc2)n1C. The first-order valence-electron chi connectivity index (χ1n) is 9.68. The van der Waals surface area contributed by atoms with E-state index >= 15 is 0 Å². The van der Waals surface area contributed by atoms with Crippen molar-refractivity contribution in [2.45, 2.75) is 50.4 Å². The summed E-state index contributed by atoms with van der Waals surface area (Å²) in [6.45, 7) is 2.49. The average Bonchev–Trinajstić information content (AvgIpc) is 3.06. The van der Waals surface area contributed by atoms with Crippen molar-refractivity contribution in [3.8, 4) is 0 Å². The van der Waals surface area contributed by atoms with E-state index in [9.17, 15) is 9.59 Å². The van der Waals surface area contributed by atoms with Crippen LogP contribution in [-0.4, -0.2) is 38.4 Å². The Morgan fingerprint density at radius 1 is 1.18 bits per heavy atom. The third kappa shape index (κ3) is 5.34. The molecule has 7 nitrogen and oxygen atoms in total. The van der Waals surface area contributed by atoms with Gasteiger partial charge in [-0.15, -0.1) is 10.2 Å². The van der Waals surface area contributed by atoms with Crippen LogP contribution in [-0.2, 0) is 18.4 Å². The number of rotatable bonds is 7. The van der Waals surface area contributed by atoms with Crippen LogP contribution in [0.1, 0.15) is 48.8 Å². The van der Waals surface area contributed by atoms with E-state index in [0.29, 0.717) is 28.2 Å². The number of carbonyl (C=O) groups excluding carboxylic acids is 2. The molecule has 0 unspecified atom stereocenters. The normalized spacial score (nSPS) is 19.2. The van der Waals surface area contributed by atoms with E-state index in [4.69, 9.17) is 0 Å². The molecule has 2 amide bonds. The lowest BCUT2D eigenvalue weighted by atomic mass is 9.86. The first-order chi connectivity index (χ1) is 13.5. The fraction of sp³-hybridized carbons (Fsp3) is 0.500. The zero-order valence-electron chi connectivity index (χ0n) is 16.4. The summed E-state index contributed by atoms with van der Waals surface area (Å²) in [5.41, 5.74) is 0.605. The van der Waals surface area contributed by atoms with E-state index in [1.54, 1.807) is 12.1 Å². The van der Waals surface area contributed by atoms with Gasteiger partial charge in [0.1, 0.15) is 0 Å². The standard InChI is InChI=1S/C20H27N5O2S/c1-14-8-6-7-11-16(14)22-18(26)13-28-20-24-23-17(25(20)2)12-21-19(27)15-9-4-3-5-10-15/h3-5,9-10,14,16H,6-8,11-13H2,1-2H3,(H,21,27)(H,22,26)/t14-,16+/m1/s1. The molecule has 0 bridgehead atoms. The van der Waals surface area contributed by atoms with Crippen LogP contribution in [0.5, 0.6) is 0 Å². The van der Waals surface area contributed by atoms with Gasteiger partial charge in [-0.05, 0) is 30.9 Å². The van der Waals surface area contributed by atoms with Crippen molar-refractivity contribution in [3.05, 3.63) is 41.7 Å². The molecular formula is C20H27N5O2S. The smallest absolute Gasteiger partial charge is 0.251 e. The largest absolute Gasteiger partial charge is 0.352 e.